The summed E-state index contributed by atoms with van der Waals surface area (Å²) in [6.07, 6.45) is -1.05. The standard InChI is InChI=1S/C8H11FN2O3S/c9-7-3-1-6(2-4-7)8(12)5-11-15(10,13)14/h1-4,8,11-12H,5H2,(H2,10,13,14). The van der Waals surface area contributed by atoms with Crippen LogP contribution in [-0.4, -0.2) is 20.1 Å². The lowest BCUT2D eigenvalue weighted by Crippen LogP contribution is -2.34. The summed E-state index contributed by atoms with van der Waals surface area (Å²) in [5.74, 6) is -0.426. The molecule has 0 bridgehead atoms. The summed E-state index contributed by atoms with van der Waals surface area (Å²) in [6, 6.07) is 5.08. The molecule has 1 aromatic rings. The third-order valence-electron chi connectivity index (χ3n) is 1.73. The van der Waals surface area contributed by atoms with Crippen LogP contribution >= 0.6 is 0 Å². The number of rotatable bonds is 4. The normalized spacial score (nSPS) is 13.8. The van der Waals surface area contributed by atoms with E-state index in [0.29, 0.717) is 5.56 Å². The Hall–Kier alpha value is -1.02. The average Bonchev–Trinajstić information content (AvgIpc) is 2.14. The van der Waals surface area contributed by atoms with Crippen molar-refractivity contribution in [3.8, 4) is 0 Å². The molecule has 0 heterocycles. The number of aliphatic hydroxyl groups is 1. The van der Waals surface area contributed by atoms with Gasteiger partial charge in [0.2, 0.25) is 0 Å². The van der Waals surface area contributed by atoms with E-state index in [0.717, 1.165) is 0 Å². The molecule has 15 heavy (non-hydrogen) atoms. The van der Waals surface area contributed by atoms with Crippen LogP contribution in [0.1, 0.15) is 11.7 Å². The third kappa shape index (κ3) is 4.34. The Morgan fingerprint density at radius 3 is 2.40 bits per heavy atom. The maximum Gasteiger partial charge on any atom is 0.274 e. The van der Waals surface area contributed by atoms with Gasteiger partial charge in [0, 0.05) is 6.54 Å². The highest BCUT2D eigenvalue weighted by atomic mass is 32.2. The van der Waals surface area contributed by atoms with E-state index in [4.69, 9.17) is 0 Å². The molecule has 0 aromatic heterocycles. The quantitative estimate of drug-likeness (QED) is 0.665. The fourth-order valence-corrected chi connectivity index (χ4v) is 1.39. The van der Waals surface area contributed by atoms with Crippen LogP contribution in [0.2, 0.25) is 0 Å². The van der Waals surface area contributed by atoms with Crippen molar-refractivity contribution in [2.24, 2.45) is 5.14 Å². The fraction of sp³-hybridized carbons (Fsp3) is 0.250. The first-order valence-electron chi connectivity index (χ1n) is 4.09. The van der Waals surface area contributed by atoms with Crippen molar-refractivity contribution in [2.45, 2.75) is 6.10 Å². The maximum atomic E-state index is 12.5. The largest absolute Gasteiger partial charge is 0.387 e. The Labute approximate surface area is 86.9 Å². The molecular weight excluding hydrogens is 223 g/mol. The Balaban J connectivity index is 2.61. The number of hydrogen-bond acceptors (Lipinski definition) is 3. The Morgan fingerprint density at radius 1 is 1.40 bits per heavy atom. The lowest BCUT2D eigenvalue weighted by molar-refractivity contribution is 0.182. The lowest BCUT2D eigenvalue weighted by atomic mass is 10.1. The molecule has 7 heteroatoms. The second-order valence-corrected chi connectivity index (χ2v) is 4.34. The lowest BCUT2D eigenvalue weighted by Gasteiger charge is -2.10. The summed E-state index contributed by atoms with van der Waals surface area (Å²) in [5.41, 5.74) is 0.410. The highest BCUT2D eigenvalue weighted by Crippen LogP contribution is 2.12. The van der Waals surface area contributed by atoms with E-state index >= 15 is 0 Å². The van der Waals surface area contributed by atoms with Crippen molar-refractivity contribution in [3.05, 3.63) is 35.6 Å². The minimum atomic E-state index is -3.82. The average molecular weight is 234 g/mol. The van der Waals surface area contributed by atoms with E-state index in [1.807, 2.05) is 4.72 Å². The topological polar surface area (TPSA) is 92.4 Å². The molecular formula is C8H11FN2O3S. The number of nitrogens with one attached hydrogen (secondary N) is 1. The van der Waals surface area contributed by atoms with Crippen LogP contribution in [-0.2, 0) is 10.2 Å². The van der Waals surface area contributed by atoms with Crippen molar-refractivity contribution < 1.29 is 17.9 Å². The highest BCUT2D eigenvalue weighted by molar-refractivity contribution is 7.87. The SMILES string of the molecule is NS(=O)(=O)NCC(O)c1ccc(F)cc1. The zero-order chi connectivity index (χ0) is 11.5. The molecule has 4 N–H and O–H groups in total. The molecule has 0 fully saturated rings. The second kappa shape index (κ2) is 4.67. The van der Waals surface area contributed by atoms with Crippen molar-refractivity contribution in [1.82, 2.24) is 4.72 Å². The molecule has 0 saturated heterocycles. The Bertz CT molecular complexity index is 418. The van der Waals surface area contributed by atoms with E-state index in [1.54, 1.807) is 0 Å². The first kappa shape index (κ1) is 12.1. The molecule has 1 rings (SSSR count). The summed E-state index contributed by atoms with van der Waals surface area (Å²) in [5, 5.41) is 14.1. The van der Waals surface area contributed by atoms with E-state index in [-0.39, 0.29) is 6.54 Å². The molecule has 84 valence electrons. The number of nitrogens with two attached hydrogens (primary N) is 1. The molecule has 1 atom stereocenters. The number of aliphatic hydroxyl groups excluding tert-OH is 1. The van der Waals surface area contributed by atoms with Crippen molar-refractivity contribution >= 4 is 10.2 Å². The zero-order valence-electron chi connectivity index (χ0n) is 7.72. The molecule has 0 aliphatic heterocycles. The van der Waals surface area contributed by atoms with Gasteiger partial charge in [-0.25, -0.2) is 9.53 Å². The number of hydrogen-bond donors (Lipinski definition) is 3. The van der Waals surface area contributed by atoms with Crippen molar-refractivity contribution in [2.75, 3.05) is 6.54 Å². The zero-order valence-corrected chi connectivity index (χ0v) is 8.54. The van der Waals surface area contributed by atoms with Crippen LogP contribution < -0.4 is 9.86 Å². The third-order valence-corrected chi connectivity index (χ3v) is 2.30. The van der Waals surface area contributed by atoms with Gasteiger partial charge < -0.3 is 5.11 Å². The summed E-state index contributed by atoms with van der Waals surface area (Å²) in [4.78, 5) is 0. The van der Waals surface area contributed by atoms with Gasteiger partial charge in [-0.15, -0.1) is 0 Å². The first-order chi connectivity index (χ1) is 6.88. The van der Waals surface area contributed by atoms with Gasteiger partial charge in [-0.05, 0) is 17.7 Å². The molecule has 0 saturated carbocycles. The minimum absolute atomic E-state index is 0.246. The molecule has 0 aliphatic carbocycles. The molecule has 1 aromatic carbocycles. The van der Waals surface area contributed by atoms with Gasteiger partial charge in [0.15, 0.2) is 0 Å². The van der Waals surface area contributed by atoms with Crippen LogP contribution in [0.25, 0.3) is 0 Å². The van der Waals surface area contributed by atoms with E-state index in [9.17, 15) is 17.9 Å². The first-order valence-corrected chi connectivity index (χ1v) is 5.64. The Kier molecular flexibility index (Phi) is 3.75. The highest BCUT2D eigenvalue weighted by Gasteiger charge is 2.10. The van der Waals surface area contributed by atoms with Gasteiger partial charge >= 0.3 is 0 Å². The van der Waals surface area contributed by atoms with Gasteiger partial charge in [-0.1, -0.05) is 12.1 Å². The molecule has 0 amide bonds. The molecule has 0 radical (unpaired) electrons. The van der Waals surface area contributed by atoms with Crippen LogP contribution in [0, 0.1) is 5.82 Å². The smallest absolute Gasteiger partial charge is 0.274 e. The van der Waals surface area contributed by atoms with E-state index in [2.05, 4.69) is 5.14 Å². The summed E-state index contributed by atoms with van der Waals surface area (Å²) in [7, 11) is -3.82. The Morgan fingerprint density at radius 2 is 1.93 bits per heavy atom. The van der Waals surface area contributed by atoms with Crippen molar-refractivity contribution in [3.63, 3.8) is 0 Å². The van der Waals surface area contributed by atoms with Gasteiger partial charge in [0.25, 0.3) is 10.2 Å². The molecule has 1 unspecified atom stereocenters. The monoisotopic (exact) mass is 234 g/mol. The van der Waals surface area contributed by atoms with Gasteiger partial charge in [0.05, 0.1) is 6.10 Å². The minimum Gasteiger partial charge on any atom is -0.387 e. The molecule has 5 nitrogen and oxygen atoms in total. The van der Waals surface area contributed by atoms with Crippen molar-refractivity contribution in [1.29, 1.82) is 0 Å². The second-order valence-electron chi connectivity index (χ2n) is 2.96. The predicted molar refractivity (Wildman–Crippen MR) is 52.5 cm³/mol. The summed E-state index contributed by atoms with van der Waals surface area (Å²) in [6.45, 7) is -0.246. The summed E-state index contributed by atoms with van der Waals surface area (Å²) < 4.78 is 35.5. The van der Waals surface area contributed by atoms with Gasteiger partial charge in [0.1, 0.15) is 5.82 Å². The van der Waals surface area contributed by atoms with Crippen LogP contribution in [0.15, 0.2) is 24.3 Å². The van der Waals surface area contributed by atoms with E-state index < -0.39 is 22.1 Å². The van der Waals surface area contributed by atoms with Gasteiger partial charge in [-0.3, -0.25) is 0 Å². The van der Waals surface area contributed by atoms with E-state index in [1.165, 1.54) is 24.3 Å². The van der Waals surface area contributed by atoms with Crippen LogP contribution in [0.4, 0.5) is 4.39 Å². The molecule has 0 aliphatic rings. The van der Waals surface area contributed by atoms with Crippen LogP contribution in [0.5, 0.6) is 0 Å². The number of benzene rings is 1. The summed E-state index contributed by atoms with van der Waals surface area (Å²) >= 11 is 0. The van der Waals surface area contributed by atoms with Gasteiger partial charge in [-0.2, -0.15) is 13.1 Å². The molecule has 0 spiro atoms. The number of halogens is 1. The maximum absolute atomic E-state index is 12.5. The fourth-order valence-electron chi connectivity index (χ4n) is 0.998. The predicted octanol–water partition coefficient (Wildman–Crippen LogP) is -0.348. The van der Waals surface area contributed by atoms with Crippen LogP contribution in [0.3, 0.4) is 0 Å².